The summed E-state index contributed by atoms with van der Waals surface area (Å²) in [6.45, 7) is 1.12. The summed E-state index contributed by atoms with van der Waals surface area (Å²) in [7, 11) is 0. The van der Waals surface area contributed by atoms with Crippen molar-refractivity contribution in [3.8, 4) is 0 Å². The lowest BCUT2D eigenvalue weighted by Gasteiger charge is -2.48. The van der Waals surface area contributed by atoms with Crippen LogP contribution in [0.3, 0.4) is 0 Å². The van der Waals surface area contributed by atoms with E-state index in [1.54, 1.807) is 0 Å². The van der Waals surface area contributed by atoms with Crippen LogP contribution in [-0.4, -0.2) is 48.3 Å². The molecule has 1 saturated heterocycles. The molecule has 0 amide bonds. The highest BCUT2D eigenvalue weighted by Gasteiger charge is 2.56. The first kappa shape index (κ1) is 11.2. The second-order valence-electron chi connectivity index (χ2n) is 4.99. The van der Waals surface area contributed by atoms with Gasteiger partial charge < -0.3 is 5.11 Å². The summed E-state index contributed by atoms with van der Waals surface area (Å²) in [5.74, 6) is -2.63. The Kier molecular flexibility index (Phi) is 2.71. The number of alkyl halides is 3. The molecule has 2 aliphatic rings. The highest BCUT2D eigenvalue weighted by Crippen LogP contribution is 2.52. The fourth-order valence-corrected chi connectivity index (χ4v) is 2.72. The summed E-state index contributed by atoms with van der Waals surface area (Å²) in [5.41, 5.74) is -0.687. The van der Waals surface area contributed by atoms with Crippen molar-refractivity contribution in [2.45, 2.75) is 31.4 Å². The summed E-state index contributed by atoms with van der Waals surface area (Å²) in [6, 6.07) is 0. The summed E-state index contributed by atoms with van der Waals surface area (Å²) in [5, 5.41) is 9.14. The Morgan fingerprint density at radius 1 is 1.33 bits per heavy atom. The van der Waals surface area contributed by atoms with Crippen molar-refractivity contribution < 1.29 is 18.3 Å². The van der Waals surface area contributed by atoms with Gasteiger partial charge in [-0.3, -0.25) is 4.90 Å². The zero-order chi connectivity index (χ0) is 11.1. The van der Waals surface area contributed by atoms with E-state index in [4.69, 9.17) is 5.11 Å². The van der Waals surface area contributed by atoms with Crippen LogP contribution >= 0.6 is 0 Å². The Morgan fingerprint density at radius 3 is 2.40 bits per heavy atom. The third-order valence-corrected chi connectivity index (χ3v) is 3.38. The molecule has 1 atom stereocenters. The lowest BCUT2D eigenvalue weighted by molar-refractivity contribution is -0.182. The molecule has 2 rings (SSSR count). The van der Waals surface area contributed by atoms with E-state index in [9.17, 15) is 13.2 Å². The molecule has 0 aromatic heterocycles. The van der Waals surface area contributed by atoms with Crippen molar-refractivity contribution in [2.24, 2.45) is 5.41 Å². The minimum Gasteiger partial charge on any atom is -0.396 e. The summed E-state index contributed by atoms with van der Waals surface area (Å²) in [4.78, 5) is 1.84. The van der Waals surface area contributed by atoms with Crippen LogP contribution in [0.1, 0.15) is 19.3 Å². The SMILES string of the molecule is OCC1(CN2CC[C@@H](F)C2)CC(F)(F)C1. The van der Waals surface area contributed by atoms with Gasteiger partial charge in [0.05, 0.1) is 6.61 Å². The highest BCUT2D eigenvalue weighted by molar-refractivity contribution is 5.01. The third kappa shape index (κ3) is 2.28. The number of rotatable bonds is 3. The van der Waals surface area contributed by atoms with Gasteiger partial charge in [0.15, 0.2) is 0 Å². The first-order valence-electron chi connectivity index (χ1n) is 5.30. The number of nitrogens with zero attached hydrogens (tertiary/aromatic N) is 1. The van der Waals surface area contributed by atoms with Crippen LogP contribution in [-0.2, 0) is 0 Å². The molecule has 2 nitrogen and oxygen atoms in total. The molecule has 0 spiro atoms. The van der Waals surface area contributed by atoms with Crippen LogP contribution in [0.2, 0.25) is 0 Å². The second kappa shape index (κ2) is 3.63. The normalized spacial score (nSPS) is 34.0. The summed E-state index contributed by atoms with van der Waals surface area (Å²) < 4.78 is 38.4. The van der Waals surface area contributed by atoms with Crippen LogP contribution in [0, 0.1) is 5.41 Å². The van der Waals surface area contributed by atoms with Crippen LogP contribution in [0.15, 0.2) is 0 Å². The van der Waals surface area contributed by atoms with Crippen molar-refractivity contribution in [2.75, 3.05) is 26.2 Å². The molecule has 15 heavy (non-hydrogen) atoms. The molecule has 1 saturated carbocycles. The van der Waals surface area contributed by atoms with Gasteiger partial charge in [0.25, 0.3) is 0 Å². The monoisotopic (exact) mass is 223 g/mol. The molecule has 1 aliphatic heterocycles. The molecule has 1 N–H and O–H groups in total. The smallest absolute Gasteiger partial charge is 0.249 e. The number of aliphatic hydroxyl groups excluding tert-OH is 1. The van der Waals surface area contributed by atoms with E-state index in [0.29, 0.717) is 26.1 Å². The van der Waals surface area contributed by atoms with Crippen LogP contribution in [0.25, 0.3) is 0 Å². The topological polar surface area (TPSA) is 23.5 Å². The average molecular weight is 223 g/mol. The van der Waals surface area contributed by atoms with E-state index in [1.165, 1.54) is 0 Å². The van der Waals surface area contributed by atoms with Crippen LogP contribution in [0.4, 0.5) is 13.2 Å². The molecule has 2 fully saturated rings. The van der Waals surface area contributed by atoms with Gasteiger partial charge in [0.1, 0.15) is 6.17 Å². The largest absolute Gasteiger partial charge is 0.396 e. The number of aliphatic hydroxyl groups is 1. The van der Waals surface area contributed by atoms with Gasteiger partial charge in [0.2, 0.25) is 5.92 Å². The fraction of sp³-hybridized carbons (Fsp3) is 1.00. The van der Waals surface area contributed by atoms with E-state index < -0.39 is 17.5 Å². The molecule has 88 valence electrons. The van der Waals surface area contributed by atoms with Crippen LogP contribution < -0.4 is 0 Å². The average Bonchev–Trinajstić information content (AvgIpc) is 2.47. The zero-order valence-corrected chi connectivity index (χ0v) is 8.56. The number of hydrogen-bond acceptors (Lipinski definition) is 2. The van der Waals surface area contributed by atoms with E-state index in [-0.39, 0.29) is 19.4 Å². The molecule has 0 bridgehead atoms. The molecule has 0 unspecified atom stereocenters. The van der Waals surface area contributed by atoms with E-state index >= 15 is 0 Å². The number of hydrogen-bond donors (Lipinski definition) is 1. The van der Waals surface area contributed by atoms with Gasteiger partial charge >= 0.3 is 0 Å². The van der Waals surface area contributed by atoms with E-state index in [0.717, 1.165) is 0 Å². The van der Waals surface area contributed by atoms with Crippen molar-refractivity contribution in [1.82, 2.24) is 4.90 Å². The quantitative estimate of drug-likeness (QED) is 0.782. The molecular formula is C10H16F3NO. The molecule has 0 aromatic carbocycles. The molecule has 5 heteroatoms. The van der Waals surface area contributed by atoms with E-state index in [2.05, 4.69) is 0 Å². The van der Waals surface area contributed by atoms with Gasteiger partial charge in [-0.05, 0) is 6.42 Å². The fourth-order valence-electron chi connectivity index (χ4n) is 2.72. The molecule has 0 radical (unpaired) electrons. The maximum absolute atomic E-state index is 12.9. The first-order chi connectivity index (χ1) is 6.95. The lowest BCUT2D eigenvalue weighted by atomic mass is 9.66. The predicted molar refractivity (Wildman–Crippen MR) is 49.7 cm³/mol. The van der Waals surface area contributed by atoms with Crippen molar-refractivity contribution >= 4 is 0 Å². The summed E-state index contributed by atoms with van der Waals surface area (Å²) >= 11 is 0. The van der Waals surface area contributed by atoms with Crippen molar-refractivity contribution in [3.05, 3.63) is 0 Å². The maximum Gasteiger partial charge on any atom is 0.249 e. The Hall–Kier alpha value is -0.290. The second-order valence-corrected chi connectivity index (χ2v) is 4.99. The number of likely N-dealkylation sites (tertiary alicyclic amines) is 1. The summed E-state index contributed by atoms with van der Waals surface area (Å²) in [6.07, 6.45) is -0.868. The predicted octanol–water partition coefficient (Wildman–Crippen LogP) is 1.44. The van der Waals surface area contributed by atoms with E-state index in [1.807, 2.05) is 4.90 Å². The Labute approximate surface area is 87.1 Å². The minimum atomic E-state index is -2.63. The van der Waals surface area contributed by atoms with Gasteiger partial charge in [-0.1, -0.05) is 0 Å². The van der Waals surface area contributed by atoms with Crippen molar-refractivity contribution in [1.29, 1.82) is 0 Å². The Bertz CT molecular complexity index is 239. The minimum absolute atomic E-state index is 0.226. The Morgan fingerprint density at radius 2 is 2.00 bits per heavy atom. The van der Waals surface area contributed by atoms with Gasteiger partial charge in [-0.2, -0.15) is 0 Å². The zero-order valence-electron chi connectivity index (χ0n) is 8.56. The first-order valence-corrected chi connectivity index (χ1v) is 5.30. The maximum atomic E-state index is 12.9. The molecular weight excluding hydrogens is 207 g/mol. The Balaban J connectivity index is 1.87. The standard InChI is InChI=1S/C10H16F3NO/c11-8-1-2-14(3-8)6-9(7-15)4-10(12,13)5-9/h8,15H,1-7H2/t8-/m1/s1. The molecule has 1 heterocycles. The van der Waals surface area contributed by atoms with Crippen molar-refractivity contribution in [3.63, 3.8) is 0 Å². The third-order valence-electron chi connectivity index (χ3n) is 3.38. The van der Waals surface area contributed by atoms with Gasteiger partial charge in [0, 0.05) is 37.9 Å². The molecule has 0 aromatic rings. The molecule has 1 aliphatic carbocycles. The van der Waals surface area contributed by atoms with Gasteiger partial charge in [-0.25, -0.2) is 13.2 Å². The highest BCUT2D eigenvalue weighted by atomic mass is 19.3. The van der Waals surface area contributed by atoms with Gasteiger partial charge in [-0.15, -0.1) is 0 Å². The number of halogens is 3. The lowest BCUT2D eigenvalue weighted by Crippen LogP contribution is -2.54. The van der Waals surface area contributed by atoms with Crippen LogP contribution in [0.5, 0.6) is 0 Å².